The number of aryl methyl sites for hydroxylation is 1. The second-order valence-electron chi connectivity index (χ2n) is 4.72. The van der Waals surface area contributed by atoms with Crippen molar-refractivity contribution in [3.63, 3.8) is 0 Å². The van der Waals surface area contributed by atoms with E-state index in [0.717, 1.165) is 28.8 Å². The summed E-state index contributed by atoms with van der Waals surface area (Å²) in [7, 11) is 2.06. The lowest BCUT2D eigenvalue weighted by Gasteiger charge is -2.05. The molecule has 0 aliphatic rings. The number of imidazole rings is 1. The van der Waals surface area contributed by atoms with E-state index in [9.17, 15) is 0 Å². The number of hydrogen-bond acceptors (Lipinski definition) is 2. The zero-order valence-electron chi connectivity index (χ0n) is 11.0. The van der Waals surface area contributed by atoms with Crippen LogP contribution >= 0.6 is 0 Å². The minimum absolute atomic E-state index is 0.673. The van der Waals surface area contributed by atoms with Crippen LogP contribution in [-0.4, -0.2) is 16.1 Å². The fourth-order valence-corrected chi connectivity index (χ4v) is 2.44. The Balaban J connectivity index is 2.13. The lowest BCUT2D eigenvalue weighted by molar-refractivity contribution is 0.951. The van der Waals surface area contributed by atoms with Gasteiger partial charge in [0.15, 0.2) is 0 Å². The summed E-state index contributed by atoms with van der Waals surface area (Å²) < 4.78 is 2.14. The molecule has 0 saturated carbocycles. The van der Waals surface area contributed by atoms with E-state index in [4.69, 9.17) is 10.7 Å². The Kier molecular flexibility index (Phi) is 3.05. The van der Waals surface area contributed by atoms with Crippen LogP contribution in [0.5, 0.6) is 0 Å². The SMILES string of the molecule is Cn1c(-c2cccc(CCN)c2)nc2ccccc21. The average Bonchev–Trinajstić information content (AvgIpc) is 2.78. The Morgan fingerprint density at radius 3 is 2.74 bits per heavy atom. The molecule has 1 heterocycles. The van der Waals surface area contributed by atoms with E-state index in [1.54, 1.807) is 0 Å². The van der Waals surface area contributed by atoms with Gasteiger partial charge in [-0.1, -0.05) is 30.3 Å². The summed E-state index contributed by atoms with van der Waals surface area (Å²) in [4.78, 5) is 4.72. The molecular formula is C16H17N3. The van der Waals surface area contributed by atoms with Crippen molar-refractivity contribution >= 4 is 11.0 Å². The van der Waals surface area contributed by atoms with Gasteiger partial charge in [0, 0.05) is 12.6 Å². The topological polar surface area (TPSA) is 43.8 Å². The van der Waals surface area contributed by atoms with Gasteiger partial charge in [-0.25, -0.2) is 4.98 Å². The molecule has 96 valence electrons. The highest BCUT2D eigenvalue weighted by atomic mass is 15.1. The summed E-state index contributed by atoms with van der Waals surface area (Å²) in [5.74, 6) is 1.00. The predicted molar refractivity (Wildman–Crippen MR) is 78.9 cm³/mol. The predicted octanol–water partition coefficient (Wildman–Crippen LogP) is 2.74. The van der Waals surface area contributed by atoms with Crippen LogP contribution in [0.1, 0.15) is 5.56 Å². The van der Waals surface area contributed by atoms with Crippen LogP contribution in [0.25, 0.3) is 22.4 Å². The second kappa shape index (κ2) is 4.86. The number of hydrogen-bond donors (Lipinski definition) is 1. The smallest absolute Gasteiger partial charge is 0.140 e. The Morgan fingerprint density at radius 2 is 1.95 bits per heavy atom. The molecule has 0 amide bonds. The molecular weight excluding hydrogens is 234 g/mol. The lowest BCUT2D eigenvalue weighted by Crippen LogP contribution is -2.02. The molecule has 3 heteroatoms. The molecule has 3 aromatic rings. The molecule has 0 spiro atoms. The quantitative estimate of drug-likeness (QED) is 0.778. The van der Waals surface area contributed by atoms with Gasteiger partial charge in [-0.05, 0) is 36.7 Å². The number of aromatic nitrogens is 2. The Labute approximate surface area is 112 Å². The summed E-state index contributed by atoms with van der Waals surface area (Å²) in [5, 5.41) is 0. The van der Waals surface area contributed by atoms with Gasteiger partial charge in [0.25, 0.3) is 0 Å². The highest BCUT2D eigenvalue weighted by Crippen LogP contribution is 2.24. The highest BCUT2D eigenvalue weighted by Gasteiger charge is 2.09. The summed E-state index contributed by atoms with van der Waals surface area (Å²) in [6.07, 6.45) is 0.901. The summed E-state index contributed by atoms with van der Waals surface area (Å²) in [6, 6.07) is 16.6. The van der Waals surface area contributed by atoms with Crippen molar-refractivity contribution in [1.82, 2.24) is 9.55 Å². The van der Waals surface area contributed by atoms with Crippen molar-refractivity contribution in [2.75, 3.05) is 6.54 Å². The van der Waals surface area contributed by atoms with Gasteiger partial charge in [-0.3, -0.25) is 0 Å². The maximum Gasteiger partial charge on any atom is 0.140 e. The van der Waals surface area contributed by atoms with Crippen molar-refractivity contribution in [2.24, 2.45) is 12.8 Å². The lowest BCUT2D eigenvalue weighted by atomic mass is 10.1. The molecule has 0 unspecified atom stereocenters. The summed E-state index contributed by atoms with van der Waals surface area (Å²) >= 11 is 0. The first kappa shape index (κ1) is 11.9. The van der Waals surface area contributed by atoms with Gasteiger partial charge >= 0.3 is 0 Å². The molecule has 3 rings (SSSR count). The van der Waals surface area contributed by atoms with Gasteiger partial charge in [0.05, 0.1) is 11.0 Å². The third kappa shape index (κ3) is 2.13. The molecule has 0 radical (unpaired) electrons. The zero-order chi connectivity index (χ0) is 13.2. The standard InChI is InChI=1S/C16H17N3/c1-19-15-8-3-2-7-14(15)18-16(19)13-6-4-5-12(11-13)9-10-17/h2-8,11H,9-10,17H2,1H3. The number of fused-ring (bicyclic) bond motifs is 1. The van der Waals surface area contributed by atoms with Crippen LogP contribution in [0.2, 0.25) is 0 Å². The van der Waals surface area contributed by atoms with Crippen molar-refractivity contribution in [3.8, 4) is 11.4 Å². The molecule has 1 aromatic heterocycles. The van der Waals surface area contributed by atoms with Gasteiger partial charge in [-0.2, -0.15) is 0 Å². The molecule has 0 aliphatic carbocycles. The van der Waals surface area contributed by atoms with Crippen molar-refractivity contribution in [3.05, 3.63) is 54.1 Å². The maximum atomic E-state index is 5.62. The second-order valence-corrected chi connectivity index (χ2v) is 4.72. The van der Waals surface area contributed by atoms with Crippen molar-refractivity contribution in [2.45, 2.75) is 6.42 Å². The number of nitrogens with two attached hydrogens (primary N) is 1. The van der Waals surface area contributed by atoms with E-state index in [1.807, 2.05) is 18.2 Å². The third-order valence-corrected chi connectivity index (χ3v) is 3.41. The summed E-state index contributed by atoms with van der Waals surface area (Å²) in [6.45, 7) is 0.673. The van der Waals surface area contributed by atoms with E-state index in [1.165, 1.54) is 5.56 Å². The van der Waals surface area contributed by atoms with Gasteiger partial charge in [0.2, 0.25) is 0 Å². The number of rotatable bonds is 3. The van der Waals surface area contributed by atoms with Crippen LogP contribution in [-0.2, 0) is 13.5 Å². The van der Waals surface area contributed by atoms with Crippen LogP contribution < -0.4 is 5.73 Å². The van der Waals surface area contributed by atoms with Gasteiger partial charge < -0.3 is 10.3 Å². The van der Waals surface area contributed by atoms with Crippen molar-refractivity contribution in [1.29, 1.82) is 0 Å². The summed E-state index contributed by atoms with van der Waals surface area (Å²) in [5.41, 5.74) is 10.2. The van der Waals surface area contributed by atoms with E-state index in [2.05, 4.69) is 41.9 Å². The normalized spacial score (nSPS) is 11.1. The molecule has 0 fully saturated rings. The van der Waals surface area contributed by atoms with Crippen LogP contribution in [0, 0.1) is 0 Å². The van der Waals surface area contributed by atoms with E-state index >= 15 is 0 Å². The first-order valence-corrected chi connectivity index (χ1v) is 6.50. The zero-order valence-corrected chi connectivity index (χ0v) is 11.0. The number of benzene rings is 2. The van der Waals surface area contributed by atoms with Crippen LogP contribution in [0.3, 0.4) is 0 Å². The molecule has 0 saturated heterocycles. The third-order valence-electron chi connectivity index (χ3n) is 3.41. The first-order chi connectivity index (χ1) is 9.29. The first-order valence-electron chi connectivity index (χ1n) is 6.50. The molecule has 2 N–H and O–H groups in total. The minimum Gasteiger partial charge on any atom is -0.330 e. The maximum absolute atomic E-state index is 5.62. The van der Waals surface area contributed by atoms with Crippen LogP contribution in [0.4, 0.5) is 0 Å². The number of nitrogens with zero attached hydrogens (tertiary/aromatic N) is 2. The fraction of sp³-hybridized carbons (Fsp3) is 0.188. The Morgan fingerprint density at radius 1 is 1.11 bits per heavy atom. The average molecular weight is 251 g/mol. The van der Waals surface area contributed by atoms with Gasteiger partial charge in [0.1, 0.15) is 5.82 Å². The Hall–Kier alpha value is -2.13. The molecule has 3 nitrogen and oxygen atoms in total. The van der Waals surface area contributed by atoms with Gasteiger partial charge in [-0.15, -0.1) is 0 Å². The van der Waals surface area contributed by atoms with E-state index < -0.39 is 0 Å². The van der Waals surface area contributed by atoms with E-state index in [0.29, 0.717) is 6.54 Å². The Bertz CT molecular complexity index is 713. The monoisotopic (exact) mass is 251 g/mol. The number of para-hydroxylation sites is 2. The molecule has 0 aliphatic heterocycles. The highest BCUT2D eigenvalue weighted by molar-refractivity contribution is 5.80. The van der Waals surface area contributed by atoms with Crippen molar-refractivity contribution < 1.29 is 0 Å². The molecule has 0 atom stereocenters. The van der Waals surface area contributed by atoms with E-state index in [-0.39, 0.29) is 0 Å². The molecule has 2 aromatic carbocycles. The molecule has 19 heavy (non-hydrogen) atoms. The largest absolute Gasteiger partial charge is 0.330 e. The minimum atomic E-state index is 0.673. The molecule has 0 bridgehead atoms. The van der Waals surface area contributed by atoms with Crippen LogP contribution in [0.15, 0.2) is 48.5 Å². The fourth-order valence-electron chi connectivity index (χ4n) is 2.44.